The van der Waals surface area contributed by atoms with E-state index in [1.807, 2.05) is 0 Å². The molecule has 0 fully saturated rings. The van der Waals surface area contributed by atoms with Crippen LogP contribution in [-0.4, -0.2) is 33.3 Å². The van der Waals surface area contributed by atoms with Crippen molar-refractivity contribution in [2.75, 3.05) is 22.4 Å². The first-order valence-electron chi connectivity index (χ1n) is 13.7. The molecule has 20 heteroatoms. The molecule has 0 unspecified atom stereocenters. The smallest absolute Gasteiger partial charge is 0.257 e. The molecule has 0 bridgehead atoms. The fourth-order valence-electron chi connectivity index (χ4n) is 4.34. The van der Waals surface area contributed by atoms with Crippen molar-refractivity contribution >= 4 is 68.9 Å². The van der Waals surface area contributed by atoms with E-state index in [0.717, 1.165) is 23.5 Å². The van der Waals surface area contributed by atoms with Gasteiger partial charge < -0.3 is 8.83 Å². The molecule has 0 aliphatic carbocycles. The molecule has 0 radical (unpaired) electrons. The first-order valence-corrected chi connectivity index (χ1v) is 15.7. The molecule has 4 aromatic carbocycles. The molecule has 2 aromatic heterocycles. The third-order valence-corrected chi connectivity index (χ3v) is 8.29. The van der Waals surface area contributed by atoms with Gasteiger partial charge in [0.05, 0.1) is 22.6 Å². The Labute approximate surface area is 281 Å². The monoisotopic (exact) mass is 740 g/mol. The van der Waals surface area contributed by atoms with Gasteiger partial charge in [0.25, 0.3) is 10.4 Å². The van der Waals surface area contributed by atoms with E-state index in [9.17, 15) is 27.2 Å². The Morgan fingerprint density at radius 1 is 0.540 bits per heavy atom. The van der Waals surface area contributed by atoms with Crippen LogP contribution in [0.2, 0.25) is 0 Å². The van der Waals surface area contributed by atoms with Crippen LogP contribution in [0.15, 0.2) is 67.8 Å². The fourth-order valence-corrected chi connectivity index (χ4v) is 5.62. The molecule has 258 valence electrons. The Bertz CT molecular complexity index is 2020. The number of para-hydroxylation sites is 4. The number of fused-ring (bicyclic) bond motifs is 2. The van der Waals surface area contributed by atoms with Gasteiger partial charge in [0.15, 0.2) is 57.7 Å². The number of nitrogens with zero attached hydrogens (tertiary/aromatic N) is 2. The second-order valence-corrected chi connectivity index (χ2v) is 11.7. The molecule has 4 N–H and O–H groups in total. The highest BCUT2D eigenvalue weighted by molar-refractivity contribution is 8.00. The van der Waals surface area contributed by atoms with Crippen molar-refractivity contribution in [1.29, 1.82) is 0 Å². The second-order valence-electron chi connectivity index (χ2n) is 9.83. The quantitative estimate of drug-likeness (QED) is 0.0467. The molecule has 0 saturated heterocycles. The lowest BCUT2D eigenvalue weighted by Crippen LogP contribution is -2.32. The number of amides is 2. The molecule has 6 rings (SSSR count). The van der Waals surface area contributed by atoms with E-state index in [4.69, 9.17) is 8.83 Å². The third kappa shape index (κ3) is 6.70. The third-order valence-electron chi connectivity index (χ3n) is 6.63. The Morgan fingerprint density at radius 3 is 1.22 bits per heavy atom. The number of hydrazine groups is 2. The number of carbonyl (C=O) groups is 2. The van der Waals surface area contributed by atoms with Gasteiger partial charge in [-0.1, -0.05) is 47.8 Å². The van der Waals surface area contributed by atoms with Gasteiger partial charge in [0.2, 0.25) is 11.8 Å². The number of carbonyl (C=O) groups excluding carboxylic acids is 2. The van der Waals surface area contributed by atoms with Gasteiger partial charge in [-0.15, -0.1) is 0 Å². The summed E-state index contributed by atoms with van der Waals surface area (Å²) in [6, 6.07) is 13.3. The van der Waals surface area contributed by atoms with Crippen molar-refractivity contribution in [3.8, 4) is 11.1 Å². The number of anilines is 2. The zero-order chi connectivity index (χ0) is 35.7. The first-order chi connectivity index (χ1) is 23.9. The number of oxazole rings is 2. The minimum Gasteiger partial charge on any atom is -0.431 e. The van der Waals surface area contributed by atoms with Crippen LogP contribution in [0.1, 0.15) is 0 Å². The molecule has 0 spiro atoms. The van der Waals surface area contributed by atoms with Crippen molar-refractivity contribution < 1.29 is 53.5 Å². The molecule has 50 heavy (non-hydrogen) atoms. The van der Waals surface area contributed by atoms with Gasteiger partial charge in [0.1, 0.15) is 22.4 Å². The molecule has 10 nitrogen and oxygen atoms in total. The number of rotatable bonds is 11. The van der Waals surface area contributed by atoms with E-state index >= 15 is 17.6 Å². The van der Waals surface area contributed by atoms with Gasteiger partial charge in [-0.25, -0.2) is 45.1 Å². The summed E-state index contributed by atoms with van der Waals surface area (Å²) < 4.78 is 130. The first kappa shape index (κ1) is 34.4. The number of halogens is 8. The Balaban J connectivity index is 1.15. The standard InChI is InChI=1S/C30H16F8N6O4S2/c31-19-17(20(32)24(36)27(23(19)35)43-41-15(45)9-49-29-39-11-5-1-3-7-13(11)47-29)18-21(33)25(37)28(26(38)22(18)34)44-42-16(46)10-50-30-40-12-6-2-4-8-14(12)48-30/h1-8,43-44H,9-10H2,(H,41,45)(H,42,46). The minimum atomic E-state index is -2.47. The highest BCUT2D eigenvalue weighted by atomic mass is 32.2. The van der Waals surface area contributed by atoms with Crippen LogP contribution in [0.25, 0.3) is 33.3 Å². The van der Waals surface area contributed by atoms with E-state index in [0.29, 0.717) is 22.2 Å². The van der Waals surface area contributed by atoms with Gasteiger partial charge in [-0.05, 0) is 24.3 Å². The maximum absolute atomic E-state index is 15.0. The number of nitrogens with one attached hydrogen (secondary N) is 4. The SMILES string of the molecule is O=C(CSc1nc2ccccc2o1)NNc1c(F)c(F)c(-c2c(F)c(F)c(NNC(=O)CSc3nc4ccccc4o3)c(F)c2F)c(F)c1F. The number of benzene rings is 4. The second kappa shape index (κ2) is 14.2. The van der Waals surface area contributed by atoms with Crippen molar-refractivity contribution in [1.82, 2.24) is 20.8 Å². The Morgan fingerprint density at radius 2 is 0.880 bits per heavy atom. The zero-order valence-corrected chi connectivity index (χ0v) is 26.0. The number of hydrogen-bond acceptors (Lipinski definition) is 10. The van der Waals surface area contributed by atoms with Crippen molar-refractivity contribution in [3.63, 3.8) is 0 Å². The lowest BCUT2D eigenvalue weighted by atomic mass is 10.00. The molecule has 0 atom stereocenters. The maximum Gasteiger partial charge on any atom is 0.257 e. The fraction of sp³-hybridized carbons (Fsp3) is 0.0667. The van der Waals surface area contributed by atoms with Crippen molar-refractivity contribution in [2.24, 2.45) is 0 Å². The molecular weight excluding hydrogens is 724 g/mol. The molecule has 0 aliphatic heterocycles. The summed E-state index contributed by atoms with van der Waals surface area (Å²) in [6.45, 7) is 0. The summed E-state index contributed by atoms with van der Waals surface area (Å²) >= 11 is 1.52. The molecule has 0 aliphatic rings. The normalized spacial score (nSPS) is 11.3. The predicted molar refractivity (Wildman–Crippen MR) is 165 cm³/mol. The highest BCUT2D eigenvalue weighted by Gasteiger charge is 2.34. The number of thioether (sulfide) groups is 2. The average molecular weight is 741 g/mol. The van der Waals surface area contributed by atoms with Crippen LogP contribution in [0, 0.1) is 46.5 Å². The minimum absolute atomic E-state index is 0.0581. The lowest BCUT2D eigenvalue weighted by molar-refractivity contribution is -0.118. The molecule has 6 aromatic rings. The van der Waals surface area contributed by atoms with Crippen molar-refractivity contribution in [2.45, 2.75) is 10.4 Å². The van der Waals surface area contributed by atoms with E-state index < -0.39 is 92.4 Å². The summed E-state index contributed by atoms with van der Waals surface area (Å²) in [6.07, 6.45) is 0. The van der Waals surface area contributed by atoms with E-state index in [-0.39, 0.29) is 10.4 Å². The van der Waals surface area contributed by atoms with Gasteiger partial charge >= 0.3 is 0 Å². The van der Waals surface area contributed by atoms with Gasteiger partial charge in [-0.2, -0.15) is 0 Å². The zero-order valence-electron chi connectivity index (χ0n) is 24.4. The summed E-state index contributed by atoms with van der Waals surface area (Å²) in [5.74, 6) is -22.0. The molecule has 2 amide bonds. The van der Waals surface area contributed by atoms with E-state index in [1.54, 1.807) is 70.2 Å². The molecule has 2 heterocycles. The summed E-state index contributed by atoms with van der Waals surface area (Å²) in [4.78, 5) is 32.6. The molecular formula is C30H16F8N6O4S2. The Hall–Kier alpha value is -5.50. The summed E-state index contributed by atoms with van der Waals surface area (Å²) in [5, 5.41) is 0.116. The van der Waals surface area contributed by atoms with Crippen LogP contribution in [-0.2, 0) is 9.59 Å². The van der Waals surface area contributed by atoms with Crippen LogP contribution >= 0.6 is 23.5 Å². The molecule has 0 saturated carbocycles. The summed E-state index contributed by atoms with van der Waals surface area (Å²) in [5.41, 5.74) is 1.07. The number of hydrogen-bond donors (Lipinski definition) is 4. The van der Waals surface area contributed by atoms with Crippen molar-refractivity contribution in [3.05, 3.63) is 95.1 Å². The predicted octanol–water partition coefficient (Wildman–Crippen LogP) is 7.22. The van der Waals surface area contributed by atoms with Crippen LogP contribution in [0.3, 0.4) is 0 Å². The summed E-state index contributed by atoms with van der Waals surface area (Å²) in [7, 11) is 0. The maximum atomic E-state index is 15.0. The highest BCUT2D eigenvalue weighted by Crippen LogP contribution is 2.40. The van der Waals surface area contributed by atoms with E-state index in [2.05, 4.69) is 9.97 Å². The Kier molecular flexibility index (Phi) is 9.73. The van der Waals surface area contributed by atoms with Crippen LogP contribution < -0.4 is 21.7 Å². The van der Waals surface area contributed by atoms with Gasteiger partial charge in [-0.3, -0.25) is 31.3 Å². The lowest BCUT2D eigenvalue weighted by Gasteiger charge is -2.17. The van der Waals surface area contributed by atoms with Crippen LogP contribution in [0.4, 0.5) is 46.5 Å². The largest absolute Gasteiger partial charge is 0.431 e. The van der Waals surface area contributed by atoms with Gasteiger partial charge in [0, 0.05) is 0 Å². The number of aromatic nitrogens is 2. The average Bonchev–Trinajstić information content (AvgIpc) is 3.73. The van der Waals surface area contributed by atoms with Crippen LogP contribution in [0.5, 0.6) is 0 Å². The van der Waals surface area contributed by atoms with E-state index in [1.165, 1.54) is 0 Å². The topological polar surface area (TPSA) is 134 Å².